The van der Waals surface area contributed by atoms with Crippen molar-refractivity contribution in [1.29, 1.82) is 0 Å². The number of rotatable bonds is 4. The number of hydrogen-bond donors (Lipinski definition) is 1. The number of aromatic nitrogens is 2. The third kappa shape index (κ3) is 2.43. The van der Waals surface area contributed by atoms with Gasteiger partial charge >= 0.3 is 0 Å². The Hall–Kier alpha value is -1.85. The molecule has 0 bridgehead atoms. The zero-order valence-electron chi connectivity index (χ0n) is 12.8. The molecular formula is C15H22N4O2. The number of aryl methyl sites for hydroxylation is 1. The summed E-state index contributed by atoms with van der Waals surface area (Å²) in [5, 5.41) is 2.90. The Morgan fingerprint density at radius 1 is 1.38 bits per heavy atom. The molecule has 3 rings (SSSR count). The molecule has 1 aliphatic heterocycles. The molecule has 2 aliphatic rings. The van der Waals surface area contributed by atoms with Gasteiger partial charge in [-0.05, 0) is 32.6 Å². The summed E-state index contributed by atoms with van der Waals surface area (Å²) in [6.45, 7) is 4.14. The first-order valence-electron chi connectivity index (χ1n) is 7.50. The van der Waals surface area contributed by atoms with Gasteiger partial charge in [-0.1, -0.05) is 0 Å². The van der Waals surface area contributed by atoms with Crippen molar-refractivity contribution in [2.75, 3.05) is 6.54 Å². The summed E-state index contributed by atoms with van der Waals surface area (Å²) in [6, 6.07) is -0.327. The van der Waals surface area contributed by atoms with Gasteiger partial charge in [-0.3, -0.25) is 9.59 Å². The quantitative estimate of drug-likeness (QED) is 0.877. The molecule has 1 aromatic heterocycles. The Morgan fingerprint density at radius 2 is 2.10 bits per heavy atom. The molecule has 2 amide bonds. The van der Waals surface area contributed by atoms with Crippen molar-refractivity contribution in [3.8, 4) is 0 Å². The van der Waals surface area contributed by atoms with Crippen LogP contribution in [0.4, 0.5) is 0 Å². The van der Waals surface area contributed by atoms with Crippen molar-refractivity contribution in [3.63, 3.8) is 0 Å². The fraction of sp³-hybridized carbons (Fsp3) is 0.667. The van der Waals surface area contributed by atoms with E-state index in [1.54, 1.807) is 11.1 Å². The van der Waals surface area contributed by atoms with Crippen molar-refractivity contribution >= 4 is 11.8 Å². The highest BCUT2D eigenvalue weighted by molar-refractivity contribution is 5.99. The number of hydrogen-bond acceptors (Lipinski definition) is 3. The van der Waals surface area contributed by atoms with Crippen molar-refractivity contribution < 1.29 is 9.59 Å². The van der Waals surface area contributed by atoms with Crippen LogP contribution < -0.4 is 5.32 Å². The van der Waals surface area contributed by atoms with E-state index in [2.05, 4.69) is 10.3 Å². The molecule has 1 aromatic rings. The van der Waals surface area contributed by atoms with Crippen LogP contribution in [-0.4, -0.2) is 44.4 Å². The monoisotopic (exact) mass is 290 g/mol. The number of amides is 2. The van der Waals surface area contributed by atoms with E-state index in [9.17, 15) is 9.59 Å². The number of imidazole rings is 1. The summed E-state index contributed by atoms with van der Waals surface area (Å²) in [5.41, 5.74) is -0.798. The summed E-state index contributed by atoms with van der Waals surface area (Å²) in [7, 11) is 1.94. The molecule has 6 nitrogen and oxygen atoms in total. The van der Waals surface area contributed by atoms with Gasteiger partial charge in [0, 0.05) is 32.4 Å². The van der Waals surface area contributed by atoms with Gasteiger partial charge in [-0.15, -0.1) is 0 Å². The summed E-state index contributed by atoms with van der Waals surface area (Å²) in [5.74, 6) is 1.25. The van der Waals surface area contributed by atoms with Gasteiger partial charge in [-0.25, -0.2) is 4.98 Å². The van der Waals surface area contributed by atoms with Gasteiger partial charge in [0.05, 0.1) is 0 Å². The molecule has 2 heterocycles. The molecule has 0 spiro atoms. The Balaban J connectivity index is 1.77. The van der Waals surface area contributed by atoms with Crippen molar-refractivity contribution in [2.24, 2.45) is 13.0 Å². The van der Waals surface area contributed by atoms with Crippen molar-refractivity contribution in [2.45, 2.75) is 44.7 Å². The Bertz CT molecular complexity index is 574. The third-order valence-corrected chi connectivity index (χ3v) is 4.62. The maximum absolute atomic E-state index is 12.7. The van der Waals surface area contributed by atoms with E-state index in [1.807, 2.05) is 31.7 Å². The molecule has 114 valence electrons. The van der Waals surface area contributed by atoms with Gasteiger partial charge in [0.25, 0.3) is 0 Å². The highest BCUT2D eigenvalue weighted by atomic mass is 16.2. The minimum Gasteiger partial charge on any atom is -0.342 e. The molecule has 1 saturated heterocycles. The fourth-order valence-corrected chi connectivity index (χ4v) is 2.93. The van der Waals surface area contributed by atoms with Crippen LogP contribution in [0.3, 0.4) is 0 Å². The van der Waals surface area contributed by atoms with E-state index in [4.69, 9.17) is 0 Å². The average Bonchev–Trinajstić information content (AvgIpc) is 3.18. The predicted molar refractivity (Wildman–Crippen MR) is 77.4 cm³/mol. The maximum Gasteiger partial charge on any atom is 0.246 e. The van der Waals surface area contributed by atoms with E-state index < -0.39 is 5.54 Å². The Kier molecular flexibility index (Phi) is 3.26. The van der Waals surface area contributed by atoms with Crippen molar-refractivity contribution in [3.05, 3.63) is 18.2 Å². The van der Waals surface area contributed by atoms with E-state index in [1.165, 1.54) is 0 Å². The highest BCUT2D eigenvalue weighted by Crippen LogP contribution is 2.36. The molecule has 0 aromatic carbocycles. The zero-order valence-corrected chi connectivity index (χ0v) is 12.8. The van der Waals surface area contributed by atoms with Crippen molar-refractivity contribution in [1.82, 2.24) is 19.8 Å². The molecule has 0 radical (unpaired) electrons. The number of carbonyl (C=O) groups excluding carboxylic acids is 2. The molecule has 1 atom stereocenters. The molecular weight excluding hydrogens is 268 g/mol. The molecule has 2 fully saturated rings. The van der Waals surface area contributed by atoms with Gasteiger partial charge in [-0.2, -0.15) is 0 Å². The Labute approximate surface area is 124 Å². The van der Waals surface area contributed by atoms with Gasteiger partial charge < -0.3 is 14.8 Å². The lowest BCUT2D eigenvalue weighted by Gasteiger charge is -2.44. The first kappa shape index (κ1) is 14.1. The number of piperazine rings is 1. The first-order valence-corrected chi connectivity index (χ1v) is 7.50. The van der Waals surface area contributed by atoms with Crippen LogP contribution in [0.1, 0.15) is 32.5 Å². The molecule has 21 heavy (non-hydrogen) atoms. The van der Waals surface area contributed by atoms with Crippen LogP contribution in [0.2, 0.25) is 0 Å². The summed E-state index contributed by atoms with van der Waals surface area (Å²) < 4.78 is 1.94. The minimum atomic E-state index is -0.798. The molecule has 6 heteroatoms. The lowest BCUT2D eigenvalue weighted by atomic mass is 9.93. The summed E-state index contributed by atoms with van der Waals surface area (Å²) in [4.78, 5) is 31.0. The molecule has 1 saturated carbocycles. The van der Waals surface area contributed by atoms with Crippen LogP contribution in [0.5, 0.6) is 0 Å². The van der Waals surface area contributed by atoms with Gasteiger partial charge in [0.2, 0.25) is 11.8 Å². The third-order valence-electron chi connectivity index (χ3n) is 4.62. The zero-order chi connectivity index (χ0) is 15.2. The van der Waals surface area contributed by atoms with E-state index in [0.29, 0.717) is 18.9 Å². The molecule has 1 N–H and O–H groups in total. The van der Waals surface area contributed by atoms with Crippen LogP contribution in [-0.2, 0) is 23.1 Å². The maximum atomic E-state index is 12.7. The van der Waals surface area contributed by atoms with Gasteiger partial charge in [0.1, 0.15) is 17.4 Å². The SMILES string of the molecule is Cn1ccnc1CCN1C(=O)C(C2CC2)NC(=O)C1(C)C. The highest BCUT2D eigenvalue weighted by Gasteiger charge is 2.50. The van der Waals surface area contributed by atoms with Crippen LogP contribution in [0, 0.1) is 5.92 Å². The van der Waals surface area contributed by atoms with E-state index in [0.717, 1.165) is 18.7 Å². The number of carbonyl (C=O) groups is 2. The number of nitrogens with one attached hydrogen (secondary N) is 1. The van der Waals surface area contributed by atoms with Crippen LogP contribution in [0.25, 0.3) is 0 Å². The van der Waals surface area contributed by atoms with E-state index in [-0.39, 0.29) is 17.9 Å². The standard InChI is InChI=1S/C15H22N4O2/c1-15(2)14(21)17-12(10-4-5-10)13(20)19(15)8-6-11-16-7-9-18(11)3/h7,9-10,12H,4-6,8H2,1-3H3,(H,17,21). The van der Waals surface area contributed by atoms with E-state index >= 15 is 0 Å². The topological polar surface area (TPSA) is 67.2 Å². The first-order chi connectivity index (χ1) is 9.91. The molecule has 1 aliphatic carbocycles. The largest absolute Gasteiger partial charge is 0.342 e. The normalized spacial score (nSPS) is 25.1. The molecule has 1 unspecified atom stereocenters. The average molecular weight is 290 g/mol. The second-order valence-corrected chi connectivity index (χ2v) is 6.54. The smallest absolute Gasteiger partial charge is 0.246 e. The summed E-state index contributed by atoms with van der Waals surface area (Å²) >= 11 is 0. The lowest BCUT2D eigenvalue weighted by molar-refractivity contribution is -0.155. The summed E-state index contributed by atoms with van der Waals surface area (Å²) in [6.07, 6.45) is 6.36. The van der Waals surface area contributed by atoms with Crippen LogP contribution in [0.15, 0.2) is 12.4 Å². The lowest BCUT2D eigenvalue weighted by Crippen LogP contribution is -2.69. The number of nitrogens with zero attached hydrogens (tertiary/aromatic N) is 3. The Morgan fingerprint density at radius 3 is 2.67 bits per heavy atom. The predicted octanol–water partition coefficient (Wildman–Crippen LogP) is 0.478. The minimum absolute atomic E-state index is 0.0521. The van der Waals surface area contributed by atoms with Gasteiger partial charge in [0.15, 0.2) is 0 Å². The fourth-order valence-electron chi connectivity index (χ4n) is 2.93. The second kappa shape index (κ2) is 4.86. The van der Waals surface area contributed by atoms with Crippen LogP contribution >= 0.6 is 0 Å². The second-order valence-electron chi connectivity index (χ2n) is 6.54.